The number of carbonyl (C=O) groups is 2. The number of carboxylic acid groups (broad SMARTS) is 1. The van der Waals surface area contributed by atoms with Crippen LogP contribution >= 0.6 is 11.8 Å². The molecule has 2 aromatic rings. The zero-order valence-corrected chi connectivity index (χ0v) is 25.0. The highest BCUT2D eigenvalue weighted by Crippen LogP contribution is 2.29. The topological polar surface area (TPSA) is 70.5 Å². The summed E-state index contributed by atoms with van der Waals surface area (Å²) < 4.78 is 0. The molecule has 1 aliphatic rings. The Balaban J connectivity index is 0.000000516. The van der Waals surface area contributed by atoms with Crippen molar-refractivity contribution in [2.75, 3.05) is 18.0 Å². The van der Waals surface area contributed by atoms with Crippen molar-refractivity contribution < 1.29 is 14.7 Å². The predicted molar refractivity (Wildman–Crippen MR) is 159 cm³/mol. The molecule has 6 heteroatoms. The van der Waals surface area contributed by atoms with Crippen LogP contribution < -0.4 is 4.90 Å². The van der Waals surface area contributed by atoms with Crippen molar-refractivity contribution in [3.8, 4) is 0 Å². The fourth-order valence-corrected chi connectivity index (χ4v) is 4.82. The van der Waals surface area contributed by atoms with Gasteiger partial charge >= 0.3 is 5.97 Å². The van der Waals surface area contributed by atoms with E-state index in [1.165, 1.54) is 36.9 Å². The lowest BCUT2D eigenvalue weighted by Crippen LogP contribution is -2.33. The summed E-state index contributed by atoms with van der Waals surface area (Å²) in [5.41, 5.74) is 3.99. The third-order valence-electron chi connectivity index (χ3n) is 6.10. The second-order valence-corrected chi connectivity index (χ2v) is 12.0. The van der Waals surface area contributed by atoms with Gasteiger partial charge in [-0.15, -0.1) is 0 Å². The van der Waals surface area contributed by atoms with E-state index in [4.69, 9.17) is 0 Å². The highest BCUT2D eigenvalue weighted by molar-refractivity contribution is 8.14. The maximum atomic E-state index is 12.2. The van der Waals surface area contributed by atoms with Crippen molar-refractivity contribution in [2.45, 2.75) is 92.7 Å². The fourth-order valence-electron chi connectivity index (χ4n) is 3.83. The Hall–Kier alpha value is -2.34. The number of rotatable bonds is 6. The Bertz CT molecular complexity index is 928. The molecule has 0 spiro atoms. The third-order valence-corrected chi connectivity index (χ3v) is 7.58. The molecule has 1 aromatic carbocycles. The van der Waals surface area contributed by atoms with Crippen LogP contribution in [-0.4, -0.2) is 39.5 Å². The van der Waals surface area contributed by atoms with Gasteiger partial charge in [0.1, 0.15) is 5.25 Å². The van der Waals surface area contributed by atoms with Gasteiger partial charge in [0.05, 0.1) is 0 Å². The summed E-state index contributed by atoms with van der Waals surface area (Å²) in [6.07, 6.45) is 7.18. The van der Waals surface area contributed by atoms with Gasteiger partial charge in [0.15, 0.2) is 5.12 Å². The van der Waals surface area contributed by atoms with Crippen LogP contribution in [0.25, 0.3) is 0 Å². The molecule has 2 heterocycles. The van der Waals surface area contributed by atoms with E-state index in [1.54, 1.807) is 0 Å². The summed E-state index contributed by atoms with van der Waals surface area (Å²) in [5.74, 6) is -0.0856. The minimum absolute atomic E-state index is 0.0830. The van der Waals surface area contributed by atoms with Crippen molar-refractivity contribution in [2.24, 2.45) is 11.3 Å². The summed E-state index contributed by atoms with van der Waals surface area (Å²) in [4.78, 5) is 30.2. The van der Waals surface area contributed by atoms with E-state index in [2.05, 4.69) is 55.8 Å². The Morgan fingerprint density at radius 3 is 2.03 bits per heavy atom. The molecule has 0 amide bonds. The Morgan fingerprint density at radius 2 is 1.62 bits per heavy atom. The number of nitrogens with zero attached hydrogens (tertiary/aromatic N) is 2. The minimum Gasteiger partial charge on any atom is -0.480 e. The molecule has 1 unspecified atom stereocenters. The number of hydrogen-bond acceptors (Lipinski definition) is 5. The number of pyridine rings is 1. The number of benzene rings is 1. The Morgan fingerprint density at radius 1 is 1.05 bits per heavy atom. The molecule has 5 nitrogen and oxygen atoms in total. The van der Waals surface area contributed by atoms with Crippen LogP contribution in [-0.2, 0) is 16.0 Å². The second-order valence-electron chi connectivity index (χ2n) is 10.9. The van der Waals surface area contributed by atoms with E-state index in [0.717, 1.165) is 42.0 Å². The maximum absolute atomic E-state index is 12.2. The predicted octanol–water partition coefficient (Wildman–Crippen LogP) is 7.73. The molecule has 37 heavy (non-hydrogen) atoms. The number of piperidine rings is 1. The van der Waals surface area contributed by atoms with Crippen LogP contribution in [0.5, 0.6) is 0 Å². The lowest BCUT2D eigenvalue weighted by Gasteiger charge is -2.33. The summed E-state index contributed by atoms with van der Waals surface area (Å²) >= 11 is 0.941. The van der Waals surface area contributed by atoms with E-state index in [0.29, 0.717) is 6.42 Å². The summed E-state index contributed by atoms with van der Waals surface area (Å²) in [7, 11) is 0. The van der Waals surface area contributed by atoms with Crippen LogP contribution in [0.3, 0.4) is 0 Å². The maximum Gasteiger partial charge on any atom is 0.317 e. The first kappa shape index (κ1) is 32.7. The Labute approximate surface area is 229 Å². The second kappa shape index (κ2) is 16.5. The third kappa shape index (κ3) is 12.6. The fraction of sp³-hybridized carbons (Fsp3) is 0.581. The van der Waals surface area contributed by atoms with Crippen molar-refractivity contribution in [3.63, 3.8) is 0 Å². The summed E-state index contributed by atoms with van der Waals surface area (Å²) in [5, 5.41) is 8.65. The minimum atomic E-state index is -0.932. The molecule has 1 N–H and O–H groups in total. The van der Waals surface area contributed by atoms with Gasteiger partial charge in [-0.05, 0) is 74.4 Å². The van der Waals surface area contributed by atoms with E-state index < -0.39 is 16.6 Å². The first-order valence-electron chi connectivity index (χ1n) is 13.6. The number of aliphatic carboxylic acids is 1. The number of anilines is 1. The number of carboxylic acids is 1. The molecular weight excluding hydrogens is 480 g/mol. The van der Waals surface area contributed by atoms with E-state index in [-0.39, 0.29) is 5.12 Å². The van der Waals surface area contributed by atoms with Crippen LogP contribution in [0.2, 0.25) is 0 Å². The molecule has 1 aliphatic heterocycles. The van der Waals surface area contributed by atoms with Gasteiger partial charge < -0.3 is 10.0 Å². The zero-order valence-electron chi connectivity index (χ0n) is 24.2. The van der Waals surface area contributed by atoms with Gasteiger partial charge in [-0.1, -0.05) is 78.3 Å². The quantitative estimate of drug-likeness (QED) is 0.414. The standard InChI is InChI=1S/C21H31NO3S.C7H9N.C3H8/c1-5-15-10-12-22(13-11-15)17-8-6-16(7-9-17)14-18(19(23)24)26-20(25)21(2,3)4;1-6-3-4-8-7(2)5-6;1-3-2/h6-9,15,18H,5,10-14H2,1-4H3,(H,23,24);3-5H,1-2H3;3H2,1-2H3. The normalized spacial score (nSPS) is 14.5. The molecule has 1 fully saturated rings. The highest BCUT2D eigenvalue weighted by Gasteiger charge is 2.29. The number of thioether (sulfide) groups is 1. The average molecular weight is 529 g/mol. The van der Waals surface area contributed by atoms with E-state index in [9.17, 15) is 14.7 Å². The number of carbonyl (C=O) groups excluding carboxylic acids is 1. The van der Waals surface area contributed by atoms with Crippen molar-refractivity contribution in [1.82, 2.24) is 4.98 Å². The van der Waals surface area contributed by atoms with Gasteiger partial charge in [0.25, 0.3) is 0 Å². The number of aryl methyl sites for hydroxylation is 2. The summed E-state index contributed by atoms with van der Waals surface area (Å²) in [6.45, 7) is 18.2. The number of hydrogen-bond donors (Lipinski definition) is 1. The molecule has 1 saturated heterocycles. The summed E-state index contributed by atoms with van der Waals surface area (Å²) in [6, 6.07) is 12.2. The molecule has 1 aromatic heterocycles. The highest BCUT2D eigenvalue weighted by atomic mass is 32.2. The lowest BCUT2D eigenvalue weighted by atomic mass is 9.94. The first-order valence-corrected chi connectivity index (χ1v) is 14.5. The Kier molecular flexibility index (Phi) is 14.6. The monoisotopic (exact) mass is 528 g/mol. The first-order chi connectivity index (χ1) is 17.4. The van der Waals surface area contributed by atoms with Gasteiger partial charge in [0.2, 0.25) is 0 Å². The molecule has 0 saturated carbocycles. The average Bonchev–Trinajstić information content (AvgIpc) is 2.84. The van der Waals surface area contributed by atoms with E-state index in [1.807, 2.05) is 52.1 Å². The van der Waals surface area contributed by atoms with Gasteiger partial charge in [0, 0.05) is 36.1 Å². The smallest absolute Gasteiger partial charge is 0.317 e. The van der Waals surface area contributed by atoms with Crippen LogP contribution in [0.15, 0.2) is 42.6 Å². The van der Waals surface area contributed by atoms with Gasteiger partial charge in [-0.25, -0.2) is 0 Å². The van der Waals surface area contributed by atoms with Gasteiger partial charge in [-0.2, -0.15) is 0 Å². The van der Waals surface area contributed by atoms with Crippen LogP contribution in [0.1, 0.15) is 84.0 Å². The molecular formula is C31H48N2O3S. The molecule has 1 atom stereocenters. The van der Waals surface area contributed by atoms with Gasteiger partial charge in [-0.3, -0.25) is 14.6 Å². The van der Waals surface area contributed by atoms with Crippen molar-refractivity contribution in [3.05, 3.63) is 59.4 Å². The zero-order chi connectivity index (χ0) is 28.0. The molecule has 206 valence electrons. The SMILES string of the molecule is CCC.CCC1CCN(c2ccc(CC(SC(=O)C(C)(C)C)C(=O)O)cc2)CC1.Cc1ccnc(C)c1. The molecule has 0 bridgehead atoms. The lowest BCUT2D eigenvalue weighted by molar-refractivity contribution is -0.136. The van der Waals surface area contributed by atoms with Crippen molar-refractivity contribution >= 4 is 28.5 Å². The molecule has 0 radical (unpaired) electrons. The molecule has 0 aliphatic carbocycles. The van der Waals surface area contributed by atoms with E-state index >= 15 is 0 Å². The number of aromatic nitrogens is 1. The largest absolute Gasteiger partial charge is 0.480 e. The molecule has 3 rings (SSSR count). The van der Waals surface area contributed by atoms with Crippen molar-refractivity contribution in [1.29, 1.82) is 0 Å². The van der Waals surface area contributed by atoms with Crippen LogP contribution in [0, 0.1) is 25.2 Å². The van der Waals surface area contributed by atoms with Crippen LogP contribution in [0.4, 0.5) is 5.69 Å².